The van der Waals surface area contributed by atoms with Crippen LogP contribution in [-0.2, 0) is 16.1 Å². The third-order valence-electron chi connectivity index (χ3n) is 5.49. The maximum absolute atomic E-state index is 11.2. The SMILES string of the molecule is CC(CC1CCCCN1Cc1ccc(N2CCOCC2)cc1)C(=O)O. The third kappa shape index (κ3) is 4.95. The fourth-order valence-electron chi connectivity index (χ4n) is 3.91. The Kier molecular flexibility index (Phi) is 6.32. The molecule has 5 heteroatoms. The number of piperidine rings is 1. The summed E-state index contributed by atoms with van der Waals surface area (Å²) in [6, 6.07) is 9.24. The molecule has 0 saturated carbocycles. The Morgan fingerprint density at radius 3 is 2.60 bits per heavy atom. The second kappa shape index (κ2) is 8.68. The van der Waals surface area contributed by atoms with Crippen molar-refractivity contribution in [1.82, 2.24) is 4.90 Å². The van der Waals surface area contributed by atoms with Gasteiger partial charge in [-0.05, 0) is 43.5 Å². The molecule has 2 saturated heterocycles. The van der Waals surface area contributed by atoms with Crippen LogP contribution in [0, 0.1) is 5.92 Å². The number of carboxylic acid groups (broad SMARTS) is 1. The lowest BCUT2D eigenvalue weighted by molar-refractivity contribution is -0.141. The molecular formula is C20H30N2O3. The fourth-order valence-corrected chi connectivity index (χ4v) is 3.91. The molecule has 25 heavy (non-hydrogen) atoms. The highest BCUT2D eigenvalue weighted by Gasteiger charge is 2.26. The molecule has 5 nitrogen and oxygen atoms in total. The van der Waals surface area contributed by atoms with E-state index in [1.807, 2.05) is 6.92 Å². The first kappa shape index (κ1) is 18.2. The number of rotatable bonds is 6. The Labute approximate surface area is 150 Å². The van der Waals surface area contributed by atoms with Crippen molar-refractivity contribution >= 4 is 11.7 Å². The predicted molar refractivity (Wildman–Crippen MR) is 98.9 cm³/mol. The number of carbonyl (C=O) groups is 1. The molecule has 2 aliphatic rings. The van der Waals surface area contributed by atoms with Crippen LogP contribution in [0.15, 0.2) is 24.3 Å². The van der Waals surface area contributed by atoms with Crippen molar-refractivity contribution < 1.29 is 14.6 Å². The quantitative estimate of drug-likeness (QED) is 0.858. The Morgan fingerprint density at radius 1 is 1.20 bits per heavy atom. The first-order valence-corrected chi connectivity index (χ1v) is 9.52. The number of anilines is 1. The molecule has 2 heterocycles. The first-order valence-electron chi connectivity index (χ1n) is 9.52. The van der Waals surface area contributed by atoms with Crippen molar-refractivity contribution in [1.29, 1.82) is 0 Å². The van der Waals surface area contributed by atoms with Crippen LogP contribution >= 0.6 is 0 Å². The highest BCUT2D eigenvalue weighted by molar-refractivity contribution is 5.69. The smallest absolute Gasteiger partial charge is 0.306 e. The summed E-state index contributed by atoms with van der Waals surface area (Å²) in [6.07, 6.45) is 4.29. The van der Waals surface area contributed by atoms with E-state index in [9.17, 15) is 9.90 Å². The lowest BCUT2D eigenvalue weighted by Crippen LogP contribution is -2.40. The van der Waals surface area contributed by atoms with Gasteiger partial charge in [-0.3, -0.25) is 9.69 Å². The molecule has 0 radical (unpaired) electrons. The average molecular weight is 346 g/mol. The van der Waals surface area contributed by atoms with E-state index >= 15 is 0 Å². The number of benzene rings is 1. The van der Waals surface area contributed by atoms with Crippen molar-refractivity contribution in [3.05, 3.63) is 29.8 Å². The molecule has 0 aromatic heterocycles. The Hall–Kier alpha value is -1.59. The van der Waals surface area contributed by atoms with Crippen LogP contribution in [0.4, 0.5) is 5.69 Å². The van der Waals surface area contributed by atoms with Gasteiger partial charge in [0.1, 0.15) is 0 Å². The lowest BCUT2D eigenvalue weighted by atomic mass is 9.92. The number of nitrogens with zero attached hydrogens (tertiary/aromatic N) is 2. The minimum Gasteiger partial charge on any atom is -0.481 e. The van der Waals surface area contributed by atoms with Crippen LogP contribution in [-0.4, -0.2) is 54.9 Å². The van der Waals surface area contributed by atoms with Gasteiger partial charge in [0.2, 0.25) is 0 Å². The Morgan fingerprint density at radius 2 is 1.92 bits per heavy atom. The second-order valence-corrected chi connectivity index (χ2v) is 7.36. The number of carboxylic acids is 1. The van der Waals surface area contributed by atoms with Gasteiger partial charge < -0.3 is 14.7 Å². The zero-order chi connectivity index (χ0) is 17.6. The summed E-state index contributed by atoms with van der Waals surface area (Å²) < 4.78 is 5.42. The van der Waals surface area contributed by atoms with Gasteiger partial charge in [0.25, 0.3) is 0 Å². The minimum atomic E-state index is -0.680. The molecule has 2 fully saturated rings. The molecule has 2 unspecified atom stereocenters. The highest BCUT2D eigenvalue weighted by Crippen LogP contribution is 2.25. The number of hydrogen-bond acceptors (Lipinski definition) is 4. The maximum Gasteiger partial charge on any atom is 0.306 e. The van der Waals surface area contributed by atoms with E-state index in [0.717, 1.165) is 52.2 Å². The van der Waals surface area contributed by atoms with Gasteiger partial charge in [-0.1, -0.05) is 25.5 Å². The maximum atomic E-state index is 11.2. The van der Waals surface area contributed by atoms with Gasteiger partial charge in [-0.15, -0.1) is 0 Å². The summed E-state index contributed by atoms with van der Waals surface area (Å²) >= 11 is 0. The summed E-state index contributed by atoms with van der Waals surface area (Å²) in [4.78, 5) is 16.0. The largest absolute Gasteiger partial charge is 0.481 e. The zero-order valence-corrected chi connectivity index (χ0v) is 15.2. The van der Waals surface area contributed by atoms with Crippen molar-refractivity contribution in [2.45, 2.75) is 45.2 Å². The average Bonchev–Trinajstić information content (AvgIpc) is 2.64. The molecule has 1 aromatic rings. The minimum absolute atomic E-state index is 0.269. The van der Waals surface area contributed by atoms with E-state index in [-0.39, 0.29) is 5.92 Å². The molecule has 0 amide bonds. The first-order chi connectivity index (χ1) is 12.1. The van der Waals surface area contributed by atoms with Crippen molar-refractivity contribution in [3.63, 3.8) is 0 Å². The summed E-state index contributed by atoms with van der Waals surface area (Å²) in [5.74, 6) is -0.949. The summed E-state index contributed by atoms with van der Waals surface area (Å²) in [5, 5.41) is 9.21. The number of morpholine rings is 1. The van der Waals surface area contributed by atoms with Crippen LogP contribution in [0.1, 0.15) is 38.2 Å². The Bertz CT molecular complexity index is 555. The van der Waals surface area contributed by atoms with Gasteiger partial charge in [0, 0.05) is 31.4 Å². The standard InChI is InChI=1S/C20H30N2O3/c1-16(20(23)24)14-19-4-2-3-9-22(19)15-17-5-7-18(8-6-17)21-10-12-25-13-11-21/h5-8,16,19H,2-4,9-15H2,1H3,(H,23,24). The van der Waals surface area contributed by atoms with Crippen LogP contribution in [0.3, 0.4) is 0 Å². The molecule has 3 rings (SSSR count). The molecule has 1 N–H and O–H groups in total. The Balaban J connectivity index is 1.60. The van der Waals surface area contributed by atoms with Gasteiger partial charge in [-0.2, -0.15) is 0 Å². The molecular weight excluding hydrogens is 316 g/mol. The summed E-state index contributed by atoms with van der Waals surface area (Å²) in [6.45, 7) is 7.34. The molecule has 0 bridgehead atoms. The molecule has 0 aliphatic carbocycles. The van der Waals surface area contributed by atoms with Crippen LogP contribution in [0.2, 0.25) is 0 Å². The number of hydrogen-bond donors (Lipinski definition) is 1. The lowest BCUT2D eigenvalue weighted by Gasteiger charge is -2.36. The number of aliphatic carboxylic acids is 1. The fraction of sp³-hybridized carbons (Fsp3) is 0.650. The van der Waals surface area contributed by atoms with Gasteiger partial charge in [0.05, 0.1) is 19.1 Å². The van der Waals surface area contributed by atoms with Crippen molar-refractivity contribution in [2.24, 2.45) is 5.92 Å². The van der Waals surface area contributed by atoms with Crippen molar-refractivity contribution in [2.75, 3.05) is 37.7 Å². The molecule has 0 spiro atoms. The second-order valence-electron chi connectivity index (χ2n) is 7.36. The third-order valence-corrected chi connectivity index (χ3v) is 5.49. The monoisotopic (exact) mass is 346 g/mol. The summed E-state index contributed by atoms with van der Waals surface area (Å²) in [5.41, 5.74) is 2.58. The molecule has 138 valence electrons. The van der Waals surface area contributed by atoms with E-state index in [0.29, 0.717) is 6.04 Å². The van der Waals surface area contributed by atoms with Crippen LogP contribution in [0.25, 0.3) is 0 Å². The van der Waals surface area contributed by atoms with Crippen molar-refractivity contribution in [3.8, 4) is 0 Å². The molecule has 2 atom stereocenters. The topological polar surface area (TPSA) is 53.0 Å². The number of ether oxygens (including phenoxy) is 1. The summed E-state index contributed by atoms with van der Waals surface area (Å²) in [7, 11) is 0. The number of likely N-dealkylation sites (tertiary alicyclic amines) is 1. The van der Waals surface area contributed by atoms with E-state index in [1.165, 1.54) is 24.1 Å². The zero-order valence-electron chi connectivity index (χ0n) is 15.2. The van der Waals surface area contributed by atoms with Gasteiger partial charge in [0.15, 0.2) is 0 Å². The van der Waals surface area contributed by atoms with Gasteiger partial charge >= 0.3 is 5.97 Å². The van der Waals surface area contributed by atoms with Crippen LogP contribution in [0.5, 0.6) is 0 Å². The van der Waals surface area contributed by atoms with E-state index in [2.05, 4.69) is 34.1 Å². The molecule has 2 aliphatic heterocycles. The van der Waals surface area contributed by atoms with E-state index < -0.39 is 5.97 Å². The highest BCUT2D eigenvalue weighted by atomic mass is 16.5. The normalized spacial score (nSPS) is 23.4. The predicted octanol–water partition coefficient (Wildman–Crippen LogP) is 2.99. The van der Waals surface area contributed by atoms with E-state index in [4.69, 9.17) is 4.74 Å². The molecule has 1 aromatic carbocycles. The van der Waals surface area contributed by atoms with E-state index in [1.54, 1.807) is 0 Å². The van der Waals surface area contributed by atoms with Crippen LogP contribution < -0.4 is 4.90 Å². The van der Waals surface area contributed by atoms with Gasteiger partial charge in [-0.25, -0.2) is 0 Å².